The van der Waals surface area contributed by atoms with Crippen molar-refractivity contribution < 1.29 is 14.0 Å². The quantitative estimate of drug-likeness (QED) is 0.665. The molecular formula is C18H14FNO2S. The third-order valence-electron chi connectivity index (χ3n) is 3.60. The van der Waals surface area contributed by atoms with Crippen molar-refractivity contribution in [2.24, 2.45) is 0 Å². The summed E-state index contributed by atoms with van der Waals surface area (Å²) in [5.41, 5.74) is 1.72. The van der Waals surface area contributed by atoms with E-state index in [9.17, 15) is 14.0 Å². The Hall–Kier alpha value is -2.40. The largest absolute Gasteiger partial charge is 0.325 e. The van der Waals surface area contributed by atoms with Crippen LogP contribution in [0.5, 0.6) is 0 Å². The standard InChI is InChI=1S/C18H14FNO2S/c1-23-14-5-2-11(3-6-14)8-12-9-17(21)20-16-7-4-13(19)10-15(16)18(12)22/h2-8,10H,9H2,1H3,(H,20,21)/b12-8-. The van der Waals surface area contributed by atoms with E-state index in [1.54, 1.807) is 17.8 Å². The van der Waals surface area contributed by atoms with E-state index in [0.29, 0.717) is 11.3 Å². The topological polar surface area (TPSA) is 46.2 Å². The molecule has 2 aromatic carbocycles. The van der Waals surface area contributed by atoms with E-state index in [1.165, 1.54) is 12.1 Å². The lowest BCUT2D eigenvalue weighted by Gasteiger charge is -2.05. The molecule has 5 heteroatoms. The molecule has 2 aromatic rings. The van der Waals surface area contributed by atoms with Crippen molar-refractivity contribution in [3.8, 4) is 0 Å². The smallest absolute Gasteiger partial charge is 0.228 e. The van der Waals surface area contributed by atoms with Gasteiger partial charge in [-0.1, -0.05) is 12.1 Å². The Bertz CT molecular complexity index is 812. The summed E-state index contributed by atoms with van der Waals surface area (Å²) in [6.07, 6.45) is 3.64. The third kappa shape index (κ3) is 3.35. The summed E-state index contributed by atoms with van der Waals surface area (Å²) in [4.78, 5) is 25.7. The zero-order valence-electron chi connectivity index (χ0n) is 12.4. The Balaban J connectivity index is 2.02. The lowest BCUT2D eigenvalue weighted by Crippen LogP contribution is -2.10. The van der Waals surface area contributed by atoms with E-state index in [0.717, 1.165) is 16.5 Å². The maximum absolute atomic E-state index is 13.4. The van der Waals surface area contributed by atoms with Crippen LogP contribution in [0.4, 0.5) is 10.1 Å². The van der Waals surface area contributed by atoms with Gasteiger partial charge in [0.25, 0.3) is 0 Å². The molecule has 1 heterocycles. The number of nitrogens with one attached hydrogen (secondary N) is 1. The molecule has 1 aliphatic heterocycles. The number of anilines is 1. The van der Waals surface area contributed by atoms with E-state index in [-0.39, 0.29) is 23.7 Å². The van der Waals surface area contributed by atoms with Gasteiger partial charge in [0.1, 0.15) is 5.82 Å². The number of fused-ring (bicyclic) bond motifs is 1. The molecule has 1 amide bonds. The summed E-state index contributed by atoms with van der Waals surface area (Å²) in [6, 6.07) is 11.5. The van der Waals surface area contributed by atoms with E-state index in [4.69, 9.17) is 0 Å². The fourth-order valence-electron chi connectivity index (χ4n) is 2.45. The number of Topliss-reactive ketones (excluding diaryl/α,β-unsaturated/α-hetero) is 1. The SMILES string of the molecule is CSc1ccc(/C=C2/CC(=O)Nc3ccc(F)cc3C2=O)cc1. The first-order chi connectivity index (χ1) is 11.1. The number of rotatable bonds is 2. The van der Waals surface area contributed by atoms with Crippen LogP contribution in [-0.2, 0) is 4.79 Å². The van der Waals surface area contributed by atoms with E-state index >= 15 is 0 Å². The number of thioether (sulfide) groups is 1. The predicted molar refractivity (Wildman–Crippen MR) is 90.2 cm³/mol. The molecule has 0 bridgehead atoms. The van der Waals surface area contributed by atoms with E-state index < -0.39 is 5.82 Å². The van der Waals surface area contributed by atoms with E-state index in [2.05, 4.69) is 5.32 Å². The minimum Gasteiger partial charge on any atom is -0.325 e. The van der Waals surface area contributed by atoms with Gasteiger partial charge in [-0.05, 0) is 48.2 Å². The Morgan fingerprint density at radius 3 is 2.57 bits per heavy atom. The molecule has 1 N–H and O–H groups in total. The molecule has 0 fully saturated rings. The second kappa shape index (κ2) is 6.38. The van der Waals surface area contributed by atoms with Crippen LogP contribution in [-0.4, -0.2) is 17.9 Å². The summed E-state index contributed by atoms with van der Waals surface area (Å²) >= 11 is 1.63. The van der Waals surface area contributed by atoms with Crippen LogP contribution in [0.15, 0.2) is 52.9 Å². The minimum atomic E-state index is -0.503. The van der Waals surface area contributed by atoms with Crippen molar-refractivity contribution in [2.45, 2.75) is 11.3 Å². The average molecular weight is 327 g/mol. The molecular weight excluding hydrogens is 313 g/mol. The monoisotopic (exact) mass is 327 g/mol. The second-order valence-corrected chi connectivity index (χ2v) is 6.07. The van der Waals surface area contributed by atoms with Crippen LogP contribution in [0.1, 0.15) is 22.3 Å². The molecule has 0 saturated carbocycles. The van der Waals surface area contributed by atoms with Gasteiger partial charge in [-0.2, -0.15) is 0 Å². The molecule has 0 saturated heterocycles. The van der Waals surface area contributed by atoms with Gasteiger partial charge in [0.15, 0.2) is 5.78 Å². The first-order valence-corrected chi connectivity index (χ1v) is 8.28. The average Bonchev–Trinajstić information content (AvgIpc) is 2.66. The van der Waals surface area contributed by atoms with Gasteiger partial charge in [-0.3, -0.25) is 9.59 Å². The predicted octanol–water partition coefficient (Wildman–Crippen LogP) is 4.16. The zero-order chi connectivity index (χ0) is 16.4. The van der Waals surface area contributed by atoms with Gasteiger partial charge < -0.3 is 5.32 Å². The summed E-state index contributed by atoms with van der Waals surface area (Å²) in [5, 5.41) is 2.64. The van der Waals surface area contributed by atoms with Crippen molar-refractivity contribution >= 4 is 35.2 Å². The Labute approximate surface area is 137 Å². The highest BCUT2D eigenvalue weighted by atomic mass is 32.2. The van der Waals surface area contributed by atoms with Crippen LogP contribution in [0, 0.1) is 5.82 Å². The first-order valence-electron chi connectivity index (χ1n) is 7.05. The Morgan fingerprint density at radius 1 is 1.13 bits per heavy atom. The number of amides is 1. The molecule has 1 aliphatic rings. The number of ketones is 1. The maximum Gasteiger partial charge on any atom is 0.228 e. The van der Waals surface area contributed by atoms with Crippen LogP contribution in [0.2, 0.25) is 0 Å². The van der Waals surface area contributed by atoms with Crippen LogP contribution >= 0.6 is 11.8 Å². The van der Waals surface area contributed by atoms with E-state index in [1.807, 2.05) is 30.5 Å². The van der Waals surface area contributed by atoms with Gasteiger partial charge >= 0.3 is 0 Å². The molecule has 116 valence electrons. The molecule has 0 unspecified atom stereocenters. The number of benzene rings is 2. The fraction of sp³-hybridized carbons (Fsp3) is 0.111. The van der Waals surface area contributed by atoms with Crippen LogP contribution in [0.3, 0.4) is 0 Å². The van der Waals surface area contributed by atoms with Gasteiger partial charge in [-0.15, -0.1) is 11.8 Å². The Morgan fingerprint density at radius 2 is 1.87 bits per heavy atom. The van der Waals surface area contributed by atoms with Gasteiger partial charge in [0.2, 0.25) is 5.91 Å². The number of carbonyl (C=O) groups excluding carboxylic acids is 2. The summed E-state index contributed by atoms with van der Waals surface area (Å²) in [5.74, 6) is -1.11. The summed E-state index contributed by atoms with van der Waals surface area (Å²) < 4.78 is 13.4. The normalized spacial score (nSPS) is 16.0. The fourth-order valence-corrected chi connectivity index (χ4v) is 2.86. The second-order valence-electron chi connectivity index (χ2n) is 5.19. The first kappa shape index (κ1) is 15.5. The molecule has 23 heavy (non-hydrogen) atoms. The molecule has 0 atom stereocenters. The molecule has 0 radical (unpaired) electrons. The minimum absolute atomic E-state index is 0.0284. The number of hydrogen-bond acceptors (Lipinski definition) is 3. The lowest BCUT2D eigenvalue weighted by atomic mass is 9.99. The van der Waals surface area contributed by atoms with Gasteiger partial charge in [0, 0.05) is 16.0 Å². The highest BCUT2D eigenvalue weighted by Crippen LogP contribution is 2.27. The highest BCUT2D eigenvalue weighted by Gasteiger charge is 2.24. The Kier molecular flexibility index (Phi) is 4.30. The number of halogens is 1. The molecule has 3 rings (SSSR count). The van der Waals surface area contributed by atoms with Gasteiger partial charge in [-0.25, -0.2) is 4.39 Å². The summed E-state index contributed by atoms with van der Waals surface area (Å²) in [7, 11) is 0. The molecule has 0 aliphatic carbocycles. The molecule has 0 aromatic heterocycles. The van der Waals surface area contributed by atoms with Crippen molar-refractivity contribution in [3.63, 3.8) is 0 Å². The molecule has 3 nitrogen and oxygen atoms in total. The van der Waals surface area contributed by atoms with Crippen molar-refractivity contribution in [1.29, 1.82) is 0 Å². The van der Waals surface area contributed by atoms with Crippen molar-refractivity contribution in [1.82, 2.24) is 0 Å². The van der Waals surface area contributed by atoms with Crippen LogP contribution in [0.25, 0.3) is 6.08 Å². The van der Waals surface area contributed by atoms with Crippen molar-refractivity contribution in [3.05, 3.63) is 65.0 Å². The zero-order valence-corrected chi connectivity index (χ0v) is 13.2. The number of carbonyl (C=O) groups is 2. The molecule has 0 spiro atoms. The summed E-state index contributed by atoms with van der Waals surface area (Å²) in [6.45, 7) is 0. The van der Waals surface area contributed by atoms with Gasteiger partial charge in [0.05, 0.1) is 12.1 Å². The highest BCUT2D eigenvalue weighted by molar-refractivity contribution is 7.98. The van der Waals surface area contributed by atoms with Crippen molar-refractivity contribution in [2.75, 3.05) is 11.6 Å². The van der Waals surface area contributed by atoms with Crippen LogP contribution < -0.4 is 5.32 Å². The number of hydrogen-bond donors (Lipinski definition) is 1. The lowest BCUT2D eigenvalue weighted by molar-refractivity contribution is -0.115. The third-order valence-corrected chi connectivity index (χ3v) is 4.34. The maximum atomic E-state index is 13.4.